The van der Waals surface area contributed by atoms with E-state index in [1.807, 2.05) is 13.8 Å². The lowest BCUT2D eigenvalue weighted by Gasteiger charge is -2.05. The molecule has 0 aliphatic rings. The lowest BCUT2D eigenvalue weighted by atomic mass is 10.4. The van der Waals surface area contributed by atoms with Gasteiger partial charge < -0.3 is 14.4 Å². The molecule has 5 nitrogen and oxygen atoms in total. The van der Waals surface area contributed by atoms with E-state index in [-0.39, 0.29) is 24.8 Å². The summed E-state index contributed by atoms with van der Waals surface area (Å²) in [7, 11) is 1.62. The monoisotopic (exact) mass is 238 g/mol. The van der Waals surface area contributed by atoms with Crippen LogP contribution in [0.5, 0.6) is 5.88 Å². The molecule has 0 atom stereocenters. The summed E-state index contributed by atoms with van der Waals surface area (Å²) in [5, 5.41) is 8.40. The summed E-state index contributed by atoms with van der Waals surface area (Å²) in [6.45, 7) is 5.70. The predicted octanol–water partition coefficient (Wildman–Crippen LogP) is 0.489. The van der Waals surface area contributed by atoms with Crippen LogP contribution in [0.2, 0.25) is 0 Å². The smallest absolute Gasteiger partial charge is 0.350 e. The summed E-state index contributed by atoms with van der Waals surface area (Å²) in [5.74, 6) is 5.29. The van der Waals surface area contributed by atoms with Crippen LogP contribution in [0.1, 0.15) is 19.4 Å². The normalized spacial score (nSPS) is 8.53. The molecule has 0 radical (unpaired) electrons. The van der Waals surface area contributed by atoms with E-state index in [1.54, 1.807) is 20.2 Å². The fourth-order valence-electron chi connectivity index (χ4n) is 1.01. The van der Waals surface area contributed by atoms with Crippen LogP contribution in [0.3, 0.4) is 0 Å². The zero-order chi connectivity index (χ0) is 13.3. The van der Waals surface area contributed by atoms with Crippen molar-refractivity contribution < 1.29 is 9.84 Å². The molecule has 0 saturated carbocycles. The zero-order valence-electron chi connectivity index (χ0n) is 10.6. The second-order valence-electron chi connectivity index (χ2n) is 2.92. The third kappa shape index (κ3) is 5.18. The minimum Gasteiger partial charge on any atom is -0.464 e. The standard InChI is InChI=1S/C10H12N2O3.C2H6/c1-8-7-12(2)10(14)11-9(8)15-6-4-3-5-13;1-2/h7,13H,5-6H2,1-2H3;1-2H3. The number of aliphatic hydroxyl groups is 1. The predicted molar refractivity (Wildman–Crippen MR) is 65.9 cm³/mol. The second-order valence-corrected chi connectivity index (χ2v) is 2.92. The molecule has 1 rings (SSSR count). The highest BCUT2D eigenvalue weighted by molar-refractivity contribution is 5.21. The van der Waals surface area contributed by atoms with E-state index in [9.17, 15) is 4.79 Å². The molecule has 94 valence electrons. The Labute approximate surface area is 101 Å². The summed E-state index contributed by atoms with van der Waals surface area (Å²) in [4.78, 5) is 14.9. The molecular weight excluding hydrogens is 220 g/mol. The first kappa shape index (κ1) is 15.2. The highest BCUT2D eigenvalue weighted by Gasteiger charge is 2.02. The number of aliphatic hydroxyl groups excluding tert-OH is 1. The van der Waals surface area contributed by atoms with E-state index in [2.05, 4.69) is 16.8 Å². The minimum absolute atomic E-state index is 0.113. The van der Waals surface area contributed by atoms with Crippen molar-refractivity contribution in [3.63, 3.8) is 0 Å². The zero-order valence-corrected chi connectivity index (χ0v) is 10.6. The van der Waals surface area contributed by atoms with Gasteiger partial charge in [-0.05, 0) is 6.92 Å². The Morgan fingerprint density at radius 2 is 2.12 bits per heavy atom. The number of aromatic nitrogens is 2. The molecule has 17 heavy (non-hydrogen) atoms. The van der Waals surface area contributed by atoms with Gasteiger partial charge in [0.15, 0.2) is 6.61 Å². The fraction of sp³-hybridized carbons (Fsp3) is 0.500. The summed E-state index contributed by atoms with van der Waals surface area (Å²) in [5.41, 5.74) is 0.397. The van der Waals surface area contributed by atoms with Crippen molar-refractivity contribution >= 4 is 0 Å². The van der Waals surface area contributed by atoms with Crippen molar-refractivity contribution in [2.75, 3.05) is 13.2 Å². The fourth-order valence-corrected chi connectivity index (χ4v) is 1.01. The van der Waals surface area contributed by atoms with Gasteiger partial charge in [-0.2, -0.15) is 4.98 Å². The molecule has 1 N–H and O–H groups in total. The van der Waals surface area contributed by atoms with Crippen LogP contribution in [0.4, 0.5) is 0 Å². The molecule has 0 spiro atoms. The van der Waals surface area contributed by atoms with Crippen molar-refractivity contribution in [2.24, 2.45) is 7.05 Å². The molecule has 0 aromatic carbocycles. The molecule has 0 unspecified atom stereocenters. The molecule has 1 aromatic rings. The lowest BCUT2D eigenvalue weighted by Crippen LogP contribution is -2.21. The van der Waals surface area contributed by atoms with Crippen molar-refractivity contribution in [2.45, 2.75) is 20.8 Å². The third-order valence-electron chi connectivity index (χ3n) is 1.71. The Morgan fingerprint density at radius 1 is 1.47 bits per heavy atom. The van der Waals surface area contributed by atoms with Crippen LogP contribution in [-0.2, 0) is 7.05 Å². The van der Waals surface area contributed by atoms with Crippen molar-refractivity contribution in [1.29, 1.82) is 0 Å². The average Bonchev–Trinajstić information content (AvgIpc) is 2.33. The van der Waals surface area contributed by atoms with Gasteiger partial charge in [-0.1, -0.05) is 25.7 Å². The van der Waals surface area contributed by atoms with E-state index in [4.69, 9.17) is 9.84 Å². The lowest BCUT2D eigenvalue weighted by molar-refractivity contribution is 0.341. The Bertz CT molecular complexity index is 455. The average molecular weight is 238 g/mol. The Kier molecular flexibility index (Phi) is 7.48. The van der Waals surface area contributed by atoms with Gasteiger partial charge in [0, 0.05) is 18.8 Å². The molecule has 1 aromatic heterocycles. The molecule has 0 amide bonds. The first-order valence-electron chi connectivity index (χ1n) is 5.39. The topological polar surface area (TPSA) is 64.4 Å². The minimum atomic E-state index is -0.370. The molecule has 5 heteroatoms. The first-order chi connectivity index (χ1) is 8.15. The van der Waals surface area contributed by atoms with Gasteiger partial charge in [-0.25, -0.2) is 4.79 Å². The number of aryl methyl sites for hydroxylation is 2. The molecular formula is C12H18N2O3. The summed E-state index contributed by atoms with van der Waals surface area (Å²) >= 11 is 0. The Balaban J connectivity index is 0.00000121. The molecule has 1 heterocycles. The largest absolute Gasteiger partial charge is 0.464 e. The Hall–Kier alpha value is -1.80. The van der Waals surface area contributed by atoms with Crippen LogP contribution in [0.25, 0.3) is 0 Å². The maximum atomic E-state index is 11.2. The van der Waals surface area contributed by atoms with Gasteiger partial charge in [-0.15, -0.1) is 0 Å². The first-order valence-corrected chi connectivity index (χ1v) is 5.39. The summed E-state index contributed by atoms with van der Waals surface area (Å²) in [6.07, 6.45) is 1.64. The quantitative estimate of drug-likeness (QED) is 0.762. The van der Waals surface area contributed by atoms with E-state index in [1.165, 1.54) is 4.57 Å². The third-order valence-corrected chi connectivity index (χ3v) is 1.71. The molecule has 0 aliphatic carbocycles. The molecule has 0 fully saturated rings. The van der Waals surface area contributed by atoms with Gasteiger partial charge in [0.05, 0.1) is 0 Å². The van der Waals surface area contributed by atoms with Crippen molar-refractivity contribution in [1.82, 2.24) is 9.55 Å². The molecule has 0 bridgehead atoms. The highest BCUT2D eigenvalue weighted by atomic mass is 16.5. The highest BCUT2D eigenvalue weighted by Crippen LogP contribution is 2.09. The van der Waals surface area contributed by atoms with Gasteiger partial charge in [0.25, 0.3) is 0 Å². The summed E-state index contributed by atoms with van der Waals surface area (Å²) in [6, 6.07) is 0. The Morgan fingerprint density at radius 3 is 2.71 bits per heavy atom. The van der Waals surface area contributed by atoms with Gasteiger partial charge in [0.2, 0.25) is 5.88 Å². The van der Waals surface area contributed by atoms with Crippen LogP contribution in [-0.4, -0.2) is 27.9 Å². The number of rotatable bonds is 2. The van der Waals surface area contributed by atoms with E-state index in [0.29, 0.717) is 0 Å². The van der Waals surface area contributed by atoms with E-state index < -0.39 is 0 Å². The maximum Gasteiger partial charge on any atom is 0.350 e. The second kappa shape index (κ2) is 8.36. The number of nitrogens with zero attached hydrogens (tertiary/aromatic N) is 2. The van der Waals surface area contributed by atoms with Crippen LogP contribution < -0.4 is 10.4 Å². The number of ether oxygens (including phenoxy) is 1. The number of hydrogen-bond donors (Lipinski definition) is 1. The van der Waals surface area contributed by atoms with Crippen LogP contribution >= 0.6 is 0 Å². The van der Waals surface area contributed by atoms with E-state index >= 15 is 0 Å². The van der Waals surface area contributed by atoms with Gasteiger partial charge in [-0.3, -0.25) is 0 Å². The summed E-state index contributed by atoms with van der Waals surface area (Å²) < 4.78 is 6.54. The molecule has 0 aliphatic heterocycles. The van der Waals surface area contributed by atoms with Crippen molar-refractivity contribution in [3.05, 3.63) is 22.2 Å². The van der Waals surface area contributed by atoms with Crippen LogP contribution in [0.15, 0.2) is 11.0 Å². The van der Waals surface area contributed by atoms with Gasteiger partial charge >= 0.3 is 5.69 Å². The number of hydrogen-bond acceptors (Lipinski definition) is 4. The molecule has 0 saturated heterocycles. The van der Waals surface area contributed by atoms with Crippen molar-refractivity contribution in [3.8, 4) is 17.7 Å². The van der Waals surface area contributed by atoms with E-state index in [0.717, 1.165) is 5.56 Å². The SMILES string of the molecule is CC.Cc1cn(C)c(=O)nc1OCC#CCO. The van der Waals surface area contributed by atoms with Gasteiger partial charge in [0.1, 0.15) is 6.61 Å². The van der Waals surface area contributed by atoms with Crippen LogP contribution in [0, 0.1) is 18.8 Å². The maximum absolute atomic E-state index is 11.2.